The number of aromatic nitrogens is 2. The van der Waals surface area contributed by atoms with Gasteiger partial charge in [-0.2, -0.15) is 5.10 Å². The molecule has 0 bridgehead atoms. The van der Waals surface area contributed by atoms with Gasteiger partial charge < -0.3 is 10.1 Å². The average molecular weight is 454 g/mol. The number of ether oxygens (including phenoxy) is 1. The molecule has 0 saturated heterocycles. The molecule has 33 heavy (non-hydrogen) atoms. The van der Waals surface area contributed by atoms with E-state index in [0.29, 0.717) is 23.7 Å². The summed E-state index contributed by atoms with van der Waals surface area (Å²) in [6.45, 7) is 3.08. The number of nitrogens with one attached hydrogen (secondary N) is 1. The number of thiophene rings is 1. The number of para-hydroxylation sites is 1. The molecule has 164 valence electrons. The first-order valence-corrected chi connectivity index (χ1v) is 11.6. The van der Waals surface area contributed by atoms with Crippen LogP contribution in [0.3, 0.4) is 0 Å². The number of benzene rings is 3. The second kappa shape index (κ2) is 9.30. The van der Waals surface area contributed by atoms with Crippen LogP contribution in [0, 0.1) is 6.92 Å². The molecule has 3 aromatic carbocycles. The van der Waals surface area contributed by atoms with Gasteiger partial charge in [0.15, 0.2) is 0 Å². The highest BCUT2D eigenvalue weighted by Crippen LogP contribution is 2.22. The lowest BCUT2D eigenvalue weighted by Gasteiger charge is -2.07. The summed E-state index contributed by atoms with van der Waals surface area (Å²) >= 11 is 1.41. The number of nitrogens with zero attached hydrogens (tertiary/aromatic N) is 2. The predicted molar refractivity (Wildman–Crippen MR) is 133 cm³/mol. The van der Waals surface area contributed by atoms with Gasteiger partial charge >= 0.3 is 0 Å². The van der Waals surface area contributed by atoms with E-state index in [1.807, 2.05) is 65.6 Å². The summed E-state index contributed by atoms with van der Waals surface area (Å²) in [5.41, 5.74) is 3.92. The van der Waals surface area contributed by atoms with Crippen LogP contribution in [0.15, 0.2) is 90.6 Å². The Balaban J connectivity index is 1.22. The summed E-state index contributed by atoms with van der Waals surface area (Å²) in [6, 6.07) is 24.4. The highest BCUT2D eigenvalue weighted by atomic mass is 32.1. The first-order chi connectivity index (χ1) is 16.2. The lowest BCUT2D eigenvalue weighted by Crippen LogP contribution is -2.09. The van der Waals surface area contributed by atoms with Crippen LogP contribution < -0.4 is 10.1 Å². The second-order valence-electron chi connectivity index (χ2n) is 7.89. The van der Waals surface area contributed by atoms with Crippen LogP contribution in [-0.4, -0.2) is 15.7 Å². The van der Waals surface area contributed by atoms with Crippen molar-refractivity contribution in [2.45, 2.75) is 20.1 Å². The highest BCUT2D eigenvalue weighted by molar-refractivity contribution is 7.12. The van der Waals surface area contributed by atoms with Gasteiger partial charge in [0.1, 0.15) is 12.4 Å². The Morgan fingerprint density at radius 3 is 2.79 bits per heavy atom. The Morgan fingerprint density at radius 1 is 1.06 bits per heavy atom. The molecule has 0 aliphatic carbocycles. The van der Waals surface area contributed by atoms with E-state index < -0.39 is 0 Å². The topological polar surface area (TPSA) is 56.1 Å². The van der Waals surface area contributed by atoms with Crippen LogP contribution >= 0.6 is 11.3 Å². The molecule has 0 radical (unpaired) electrons. The summed E-state index contributed by atoms with van der Waals surface area (Å²) in [7, 11) is 0. The van der Waals surface area contributed by atoms with Crippen molar-refractivity contribution < 1.29 is 9.53 Å². The predicted octanol–water partition coefficient (Wildman–Crippen LogP) is 6.29. The zero-order chi connectivity index (χ0) is 22.6. The van der Waals surface area contributed by atoms with Crippen molar-refractivity contribution in [3.63, 3.8) is 0 Å². The van der Waals surface area contributed by atoms with Crippen molar-refractivity contribution in [2.75, 3.05) is 5.32 Å². The number of anilines is 1. The summed E-state index contributed by atoms with van der Waals surface area (Å²) in [5.74, 6) is 0.708. The molecule has 0 atom stereocenters. The first kappa shape index (κ1) is 21.0. The number of carbonyl (C=O) groups is 1. The normalized spacial score (nSPS) is 10.9. The first-order valence-electron chi connectivity index (χ1n) is 10.7. The van der Waals surface area contributed by atoms with Gasteiger partial charge in [0.05, 0.1) is 23.3 Å². The third-order valence-corrected chi connectivity index (χ3v) is 6.45. The molecule has 5 rings (SSSR count). The van der Waals surface area contributed by atoms with Gasteiger partial charge in [-0.15, -0.1) is 11.3 Å². The Kier molecular flexibility index (Phi) is 5.91. The molecule has 0 fully saturated rings. The van der Waals surface area contributed by atoms with Crippen molar-refractivity contribution in [2.24, 2.45) is 0 Å². The van der Waals surface area contributed by atoms with Crippen LogP contribution in [0.4, 0.5) is 5.69 Å². The molecule has 6 heteroatoms. The minimum absolute atomic E-state index is 0.146. The number of hydrogen-bond acceptors (Lipinski definition) is 4. The molecule has 1 amide bonds. The van der Waals surface area contributed by atoms with E-state index in [1.54, 1.807) is 6.20 Å². The van der Waals surface area contributed by atoms with Gasteiger partial charge in [-0.3, -0.25) is 9.48 Å². The molecule has 0 saturated carbocycles. The molecule has 5 aromatic rings. The van der Waals surface area contributed by atoms with E-state index in [1.165, 1.54) is 27.7 Å². The van der Waals surface area contributed by atoms with Gasteiger partial charge in [0.25, 0.3) is 5.91 Å². The Morgan fingerprint density at radius 2 is 1.88 bits per heavy atom. The Bertz CT molecular complexity index is 1410. The van der Waals surface area contributed by atoms with Gasteiger partial charge in [0.2, 0.25) is 0 Å². The van der Waals surface area contributed by atoms with E-state index in [9.17, 15) is 4.79 Å². The summed E-state index contributed by atoms with van der Waals surface area (Å²) in [5, 5.41) is 11.7. The largest absolute Gasteiger partial charge is 0.489 e. The van der Waals surface area contributed by atoms with Crippen molar-refractivity contribution >= 4 is 33.7 Å². The average Bonchev–Trinajstić information content (AvgIpc) is 3.48. The van der Waals surface area contributed by atoms with Gasteiger partial charge in [0, 0.05) is 11.8 Å². The van der Waals surface area contributed by atoms with Crippen LogP contribution in [0.2, 0.25) is 0 Å². The minimum Gasteiger partial charge on any atom is -0.489 e. The maximum atomic E-state index is 12.7. The summed E-state index contributed by atoms with van der Waals surface area (Å²) in [6.07, 6.45) is 3.54. The van der Waals surface area contributed by atoms with Crippen LogP contribution in [-0.2, 0) is 13.2 Å². The Labute approximate surface area is 196 Å². The van der Waals surface area contributed by atoms with Crippen molar-refractivity contribution in [3.05, 3.63) is 112 Å². The molecule has 0 aliphatic rings. The van der Waals surface area contributed by atoms with Crippen molar-refractivity contribution in [1.29, 1.82) is 0 Å². The number of rotatable bonds is 7. The monoisotopic (exact) mass is 453 g/mol. The zero-order valence-corrected chi connectivity index (χ0v) is 19.0. The molecule has 0 unspecified atom stereocenters. The Hall–Kier alpha value is -3.90. The van der Waals surface area contributed by atoms with Crippen molar-refractivity contribution in [1.82, 2.24) is 9.78 Å². The van der Waals surface area contributed by atoms with Gasteiger partial charge in [-0.1, -0.05) is 60.7 Å². The van der Waals surface area contributed by atoms with E-state index >= 15 is 0 Å². The van der Waals surface area contributed by atoms with E-state index in [0.717, 1.165) is 16.9 Å². The lowest BCUT2D eigenvalue weighted by molar-refractivity contribution is 0.103. The molecule has 2 heterocycles. The fourth-order valence-electron chi connectivity index (χ4n) is 3.76. The van der Waals surface area contributed by atoms with E-state index in [-0.39, 0.29) is 5.91 Å². The summed E-state index contributed by atoms with van der Waals surface area (Å²) < 4.78 is 7.73. The third-order valence-electron chi connectivity index (χ3n) is 5.47. The van der Waals surface area contributed by atoms with Crippen LogP contribution in [0.25, 0.3) is 10.8 Å². The number of aryl methyl sites for hydroxylation is 1. The fourth-order valence-corrected chi connectivity index (χ4v) is 4.55. The maximum absolute atomic E-state index is 12.7. The SMILES string of the molecule is Cc1ccccc1OCc1csc(C(=O)Nc2cnn(Cc3cccc4ccccc34)c2)c1. The fraction of sp³-hybridized carbons (Fsp3) is 0.111. The number of hydrogen-bond donors (Lipinski definition) is 1. The summed E-state index contributed by atoms with van der Waals surface area (Å²) in [4.78, 5) is 13.4. The maximum Gasteiger partial charge on any atom is 0.265 e. The van der Waals surface area contributed by atoms with Crippen LogP contribution in [0.1, 0.15) is 26.4 Å². The lowest BCUT2D eigenvalue weighted by atomic mass is 10.0. The number of amides is 1. The minimum atomic E-state index is -0.146. The molecule has 2 aromatic heterocycles. The molecule has 0 aliphatic heterocycles. The van der Waals surface area contributed by atoms with E-state index in [2.05, 4.69) is 40.7 Å². The molecule has 1 N–H and O–H groups in total. The van der Waals surface area contributed by atoms with Gasteiger partial charge in [-0.25, -0.2) is 0 Å². The smallest absolute Gasteiger partial charge is 0.265 e. The number of carbonyl (C=O) groups excluding carboxylic acids is 1. The third kappa shape index (κ3) is 4.81. The quantitative estimate of drug-likeness (QED) is 0.315. The molecule has 5 nitrogen and oxygen atoms in total. The van der Waals surface area contributed by atoms with Crippen LogP contribution in [0.5, 0.6) is 5.75 Å². The molecular weight excluding hydrogens is 430 g/mol. The second-order valence-corrected chi connectivity index (χ2v) is 8.80. The molecule has 0 spiro atoms. The highest BCUT2D eigenvalue weighted by Gasteiger charge is 2.12. The van der Waals surface area contributed by atoms with Gasteiger partial charge in [-0.05, 0) is 46.3 Å². The van der Waals surface area contributed by atoms with Crippen molar-refractivity contribution in [3.8, 4) is 5.75 Å². The zero-order valence-electron chi connectivity index (χ0n) is 18.2. The van der Waals surface area contributed by atoms with E-state index in [4.69, 9.17) is 4.74 Å². The molecular formula is C27H23N3O2S. The standard InChI is InChI=1S/C27H23N3O2S/c1-19-7-2-5-12-25(19)32-17-20-13-26(33-18-20)27(31)29-23-14-28-30(16-23)15-22-10-6-9-21-8-3-4-11-24(21)22/h2-14,16,18H,15,17H2,1H3,(H,29,31). The number of fused-ring (bicyclic) bond motifs is 1.